The number of benzene rings is 1. The quantitative estimate of drug-likeness (QED) is 0.693. The monoisotopic (exact) mass is 272 g/mol. The number of amides is 1. The average molecular weight is 272 g/mol. The topological polar surface area (TPSA) is 52.9 Å². The first-order valence-electron chi connectivity index (χ1n) is 7.52. The molecule has 0 saturated heterocycles. The molecule has 0 atom stereocenters. The zero-order valence-corrected chi connectivity index (χ0v) is 12.3. The van der Waals surface area contributed by atoms with Gasteiger partial charge in [0.15, 0.2) is 0 Å². The Kier molecular flexibility index (Phi) is 8.14. The molecule has 1 N–H and O–H groups in total. The second-order valence-corrected chi connectivity index (χ2v) is 5.10. The highest BCUT2D eigenvalue weighted by Gasteiger charge is 2.01. The van der Waals surface area contributed by atoms with E-state index in [0.717, 1.165) is 18.4 Å². The fraction of sp³-hybridized carbons (Fsp3) is 0.529. The highest BCUT2D eigenvalue weighted by molar-refractivity contribution is 5.75. The number of nitriles is 1. The minimum Gasteiger partial charge on any atom is -0.352 e. The minimum absolute atomic E-state index is 0.116. The summed E-state index contributed by atoms with van der Waals surface area (Å²) in [6.07, 6.45) is 7.80. The third-order valence-corrected chi connectivity index (χ3v) is 3.33. The molecule has 0 aliphatic carbocycles. The zero-order valence-electron chi connectivity index (χ0n) is 12.3. The number of hydrogen-bond acceptors (Lipinski definition) is 2. The summed E-state index contributed by atoms with van der Waals surface area (Å²) in [4.78, 5) is 11.7. The number of unbranched alkanes of at least 4 members (excludes halogenated alkanes) is 5. The molecule has 0 aliphatic rings. The Morgan fingerprint density at radius 2 is 1.75 bits per heavy atom. The van der Waals surface area contributed by atoms with Crippen molar-refractivity contribution in [3.63, 3.8) is 0 Å². The summed E-state index contributed by atoms with van der Waals surface area (Å²) in [6.45, 7) is 2.75. The van der Waals surface area contributed by atoms with Gasteiger partial charge in [-0.15, -0.1) is 0 Å². The maximum Gasteiger partial charge on any atom is 0.220 e. The van der Waals surface area contributed by atoms with Gasteiger partial charge in [0.05, 0.1) is 11.6 Å². The van der Waals surface area contributed by atoms with Crippen LogP contribution >= 0.6 is 0 Å². The normalized spacial score (nSPS) is 10.0. The van der Waals surface area contributed by atoms with E-state index >= 15 is 0 Å². The summed E-state index contributed by atoms with van der Waals surface area (Å²) in [5.74, 6) is 0.116. The second-order valence-electron chi connectivity index (χ2n) is 5.10. The van der Waals surface area contributed by atoms with Crippen molar-refractivity contribution in [3.8, 4) is 6.07 Å². The Labute approximate surface area is 122 Å². The number of carbonyl (C=O) groups excluding carboxylic acids is 1. The maximum atomic E-state index is 11.7. The van der Waals surface area contributed by atoms with Crippen LogP contribution in [-0.2, 0) is 11.3 Å². The molecule has 20 heavy (non-hydrogen) atoms. The summed E-state index contributed by atoms with van der Waals surface area (Å²) in [7, 11) is 0. The van der Waals surface area contributed by atoms with Gasteiger partial charge >= 0.3 is 0 Å². The first-order chi connectivity index (χ1) is 9.76. The molecule has 3 nitrogen and oxygen atoms in total. The standard InChI is InChI=1S/C17H24N2O/c1-2-3-4-5-6-7-8-17(20)19-14-16-11-9-15(13-18)10-12-16/h9-12H,2-8,14H2,1H3,(H,19,20). The summed E-state index contributed by atoms with van der Waals surface area (Å²) in [6, 6.07) is 9.38. The Bertz CT molecular complexity index is 431. The SMILES string of the molecule is CCCCCCCCC(=O)NCc1ccc(C#N)cc1. The summed E-state index contributed by atoms with van der Waals surface area (Å²) < 4.78 is 0. The van der Waals surface area contributed by atoms with E-state index in [4.69, 9.17) is 5.26 Å². The number of hydrogen-bond donors (Lipinski definition) is 1. The molecule has 0 aromatic heterocycles. The molecular formula is C17H24N2O. The molecule has 0 aliphatic heterocycles. The Morgan fingerprint density at radius 3 is 2.40 bits per heavy atom. The maximum absolute atomic E-state index is 11.7. The van der Waals surface area contributed by atoms with Gasteiger partial charge < -0.3 is 5.32 Å². The van der Waals surface area contributed by atoms with E-state index in [2.05, 4.69) is 18.3 Å². The lowest BCUT2D eigenvalue weighted by Crippen LogP contribution is -2.22. The second kappa shape index (κ2) is 10.0. The van der Waals surface area contributed by atoms with E-state index in [1.54, 1.807) is 12.1 Å². The van der Waals surface area contributed by atoms with Crippen molar-refractivity contribution >= 4 is 5.91 Å². The summed E-state index contributed by atoms with van der Waals surface area (Å²) in [5.41, 5.74) is 1.67. The largest absolute Gasteiger partial charge is 0.352 e. The Hall–Kier alpha value is -1.82. The van der Waals surface area contributed by atoms with E-state index in [9.17, 15) is 4.79 Å². The Balaban J connectivity index is 2.11. The molecule has 108 valence electrons. The fourth-order valence-electron chi connectivity index (χ4n) is 2.05. The molecule has 0 unspecified atom stereocenters. The van der Waals surface area contributed by atoms with Crippen LogP contribution in [0.5, 0.6) is 0 Å². The van der Waals surface area contributed by atoms with Crippen LogP contribution in [0.25, 0.3) is 0 Å². The van der Waals surface area contributed by atoms with Crippen LogP contribution in [0, 0.1) is 11.3 Å². The molecule has 0 radical (unpaired) electrons. The van der Waals surface area contributed by atoms with Gasteiger partial charge in [0, 0.05) is 13.0 Å². The molecular weight excluding hydrogens is 248 g/mol. The van der Waals surface area contributed by atoms with Gasteiger partial charge in [0.25, 0.3) is 0 Å². The van der Waals surface area contributed by atoms with Crippen molar-refractivity contribution < 1.29 is 4.79 Å². The number of rotatable bonds is 9. The van der Waals surface area contributed by atoms with Gasteiger partial charge in [-0.25, -0.2) is 0 Å². The molecule has 1 amide bonds. The lowest BCUT2D eigenvalue weighted by atomic mass is 10.1. The predicted octanol–water partition coefficient (Wildman–Crippen LogP) is 3.93. The molecule has 0 saturated carbocycles. The molecule has 1 aromatic rings. The molecule has 1 rings (SSSR count). The van der Waals surface area contributed by atoms with E-state index in [-0.39, 0.29) is 5.91 Å². The van der Waals surface area contributed by atoms with Crippen LogP contribution in [0.1, 0.15) is 63.0 Å². The average Bonchev–Trinajstić information content (AvgIpc) is 2.49. The highest BCUT2D eigenvalue weighted by atomic mass is 16.1. The predicted molar refractivity (Wildman–Crippen MR) is 81.0 cm³/mol. The number of nitrogens with zero attached hydrogens (tertiary/aromatic N) is 1. The van der Waals surface area contributed by atoms with Crippen LogP contribution in [0.3, 0.4) is 0 Å². The zero-order chi connectivity index (χ0) is 14.6. The lowest BCUT2D eigenvalue weighted by molar-refractivity contribution is -0.121. The van der Waals surface area contributed by atoms with Crippen molar-refractivity contribution in [2.24, 2.45) is 0 Å². The summed E-state index contributed by atoms with van der Waals surface area (Å²) in [5, 5.41) is 11.6. The first kappa shape index (κ1) is 16.2. The van der Waals surface area contributed by atoms with E-state index in [1.165, 1.54) is 25.7 Å². The first-order valence-corrected chi connectivity index (χ1v) is 7.52. The van der Waals surface area contributed by atoms with Gasteiger partial charge in [-0.05, 0) is 24.1 Å². The molecule has 0 bridgehead atoms. The van der Waals surface area contributed by atoms with E-state index in [0.29, 0.717) is 18.5 Å². The number of nitrogens with one attached hydrogen (secondary N) is 1. The molecule has 3 heteroatoms. The van der Waals surface area contributed by atoms with Gasteiger partial charge in [-0.1, -0.05) is 51.2 Å². The third kappa shape index (κ3) is 6.94. The van der Waals surface area contributed by atoms with Crippen molar-refractivity contribution in [3.05, 3.63) is 35.4 Å². The third-order valence-electron chi connectivity index (χ3n) is 3.33. The highest BCUT2D eigenvalue weighted by Crippen LogP contribution is 2.07. The van der Waals surface area contributed by atoms with Crippen LogP contribution in [0.4, 0.5) is 0 Å². The minimum atomic E-state index is 0.116. The lowest BCUT2D eigenvalue weighted by Gasteiger charge is -2.05. The molecule has 1 aromatic carbocycles. The van der Waals surface area contributed by atoms with E-state index < -0.39 is 0 Å². The van der Waals surface area contributed by atoms with Crippen LogP contribution in [-0.4, -0.2) is 5.91 Å². The molecule has 0 spiro atoms. The van der Waals surface area contributed by atoms with Crippen molar-refractivity contribution in [2.45, 2.75) is 58.4 Å². The van der Waals surface area contributed by atoms with Crippen LogP contribution in [0.2, 0.25) is 0 Å². The van der Waals surface area contributed by atoms with E-state index in [1.807, 2.05) is 12.1 Å². The van der Waals surface area contributed by atoms with Crippen LogP contribution in [0.15, 0.2) is 24.3 Å². The van der Waals surface area contributed by atoms with Gasteiger partial charge in [-0.2, -0.15) is 5.26 Å². The van der Waals surface area contributed by atoms with Crippen molar-refractivity contribution in [2.75, 3.05) is 0 Å². The van der Waals surface area contributed by atoms with Gasteiger partial charge in [0.1, 0.15) is 0 Å². The van der Waals surface area contributed by atoms with Gasteiger partial charge in [0.2, 0.25) is 5.91 Å². The van der Waals surface area contributed by atoms with Crippen LogP contribution < -0.4 is 5.32 Å². The number of carbonyl (C=O) groups is 1. The smallest absolute Gasteiger partial charge is 0.220 e. The Morgan fingerprint density at radius 1 is 1.10 bits per heavy atom. The summed E-state index contributed by atoms with van der Waals surface area (Å²) >= 11 is 0. The molecule has 0 fully saturated rings. The van der Waals surface area contributed by atoms with Crippen molar-refractivity contribution in [1.29, 1.82) is 5.26 Å². The van der Waals surface area contributed by atoms with Gasteiger partial charge in [-0.3, -0.25) is 4.79 Å². The van der Waals surface area contributed by atoms with Crippen molar-refractivity contribution in [1.82, 2.24) is 5.32 Å². The fourth-order valence-corrected chi connectivity index (χ4v) is 2.05. The molecule has 0 heterocycles.